The summed E-state index contributed by atoms with van der Waals surface area (Å²) in [6.07, 6.45) is -2.49. The number of allylic oxidation sites excluding steroid dienone is 2. The third-order valence-electron chi connectivity index (χ3n) is 5.31. The van der Waals surface area contributed by atoms with Gasteiger partial charge in [-0.05, 0) is 36.2 Å². The molecule has 3 N–H and O–H groups in total. The summed E-state index contributed by atoms with van der Waals surface area (Å²) in [5.74, 6) is 0.465. The van der Waals surface area contributed by atoms with E-state index in [1.165, 1.54) is 28.9 Å². The number of carbonyl (C=O) groups is 1. The molecule has 0 saturated carbocycles. The van der Waals surface area contributed by atoms with Gasteiger partial charge in [-0.2, -0.15) is 4.98 Å². The number of nitrogens with two attached hydrogens (primary N) is 1. The van der Waals surface area contributed by atoms with E-state index in [2.05, 4.69) is 20.1 Å². The number of furan rings is 1. The van der Waals surface area contributed by atoms with Gasteiger partial charge in [-0.15, -0.1) is 18.3 Å². The van der Waals surface area contributed by atoms with Gasteiger partial charge in [0.25, 0.3) is 0 Å². The van der Waals surface area contributed by atoms with Crippen molar-refractivity contribution in [1.29, 1.82) is 0 Å². The van der Waals surface area contributed by atoms with Crippen molar-refractivity contribution >= 4 is 17.7 Å². The molecule has 3 aromatic rings. The summed E-state index contributed by atoms with van der Waals surface area (Å²) in [5.41, 5.74) is 7.47. The molecule has 0 spiro atoms. The SMILES string of the molecule is Nc1nc2n(n1)C(c1ccc(OC(F)(F)F)cc1)C1=C(CC(c3ccco3)CC1=O)N2. The van der Waals surface area contributed by atoms with Crippen LogP contribution in [0.15, 0.2) is 58.3 Å². The van der Waals surface area contributed by atoms with Gasteiger partial charge < -0.3 is 20.2 Å². The highest BCUT2D eigenvalue weighted by atomic mass is 19.4. The van der Waals surface area contributed by atoms with Crippen LogP contribution < -0.4 is 15.8 Å². The number of halogens is 3. The molecule has 11 heteroatoms. The van der Waals surface area contributed by atoms with E-state index in [4.69, 9.17) is 10.2 Å². The molecule has 1 aliphatic heterocycles. The molecule has 0 bridgehead atoms. The molecular weight excluding hydrogens is 415 g/mol. The Labute approximate surface area is 173 Å². The van der Waals surface area contributed by atoms with Crippen LogP contribution in [0.3, 0.4) is 0 Å². The van der Waals surface area contributed by atoms with Crippen molar-refractivity contribution in [3.05, 3.63) is 65.3 Å². The molecule has 31 heavy (non-hydrogen) atoms. The third-order valence-corrected chi connectivity index (χ3v) is 5.31. The minimum atomic E-state index is -4.79. The number of carbonyl (C=O) groups excluding carboxylic acids is 1. The maximum atomic E-state index is 13.2. The van der Waals surface area contributed by atoms with E-state index in [0.29, 0.717) is 35.0 Å². The van der Waals surface area contributed by atoms with Crippen LogP contribution in [0.5, 0.6) is 5.75 Å². The minimum absolute atomic E-state index is 0.0133. The number of benzene rings is 1. The standard InChI is InChI=1S/C20H16F3N5O3/c21-20(22,23)31-12-5-3-10(4-6-12)17-16-13(25-19-26-18(24)27-28(17)19)8-11(9-14(16)29)15-2-1-7-30-15/h1-7,11,17H,8-9H2,(H3,24,25,26,27). The van der Waals surface area contributed by atoms with Gasteiger partial charge in [0.15, 0.2) is 5.78 Å². The molecule has 1 aliphatic carbocycles. The summed E-state index contributed by atoms with van der Waals surface area (Å²) in [4.78, 5) is 17.4. The Morgan fingerprint density at radius 1 is 1.19 bits per heavy atom. The lowest BCUT2D eigenvalue weighted by molar-refractivity contribution is -0.274. The van der Waals surface area contributed by atoms with Crippen LogP contribution in [0.1, 0.15) is 36.1 Å². The predicted octanol–water partition coefficient (Wildman–Crippen LogP) is 3.77. The zero-order valence-corrected chi connectivity index (χ0v) is 15.9. The molecule has 1 aromatic carbocycles. The zero-order valence-electron chi connectivity index (χ0n) is 15.9. The van der Waals surface area contributed by atoms with E-state index in [1.807, 2.05) is 6.07 Å². The number of rotatable bonds is 3. The number of anilines is 2. The topological polar surface area (TPSA) is 108 Å². The van der Waals surface area contributed by atoms with Crippen molar-refractivity contribution in [3.8, 4) is 5.75 Å². The lowest BCUT2D eigenvalue weighted by atomic mass is 9.79. The van der Waals surface area contributed by atoms with Crippen molar-refractivity contribution in [2.75, 3.05) is 11.1 Å². The van der Waals surface area contributed by atoms with Crippen LogP contribution in [0.25, 0.3) is 0 Å². The minimum Gasteiger partial charge on any atom is -0.469 e. The summed E-state index contributed by atoms with van der Waals surface area (Å²) in [5, 5.41) is 7.33. The average Bonchev–Trinajstić information content (AvgIpc) is 3.34. The number of aromatic nitrogens is 3. The fraction of sp³-hybridized carbons (Fsp3) is 0.250. The Kier molecular flexibility index (Phi) is 4.27. The van der Waals surface area contributed by atoms with Gasteiger partial charge in [0.2, 0.25) is 11.9 Å². The van der Waals surface area contributed by atoms with Crippen molar-refractivity contribution in [1.82, 2.24) is 14.8 Å². The predicted molar refractivity (Wildman–Crippen MR) is 102 cm³/mol. The van der Waals surface area contributed by atoms with E-state index in [0.717, 1.165) is 0 Å². The first-order valence-electron chi connectivity index (χ1n) is 9.43. The van der Waals surface area contributed by atoms with E-state index in [9.17, 15) is 18.0 Å². The lowest BCUT2D eigenvalue weighted by Gasteiger charge is -2.34. The number of hydrogen-bond acceptors (Lipinski definition) is 7. The normalized spacial score (nSPS) is 20.8. The molecule has 160 valence electrons. The highest BCUT2D eigenvalue weighted by Crippen LogP contribution is 2.44. The molecule has 0 amide bonds. The Morgan fingerprint density at radius 3 is 2.65 bits per heavy atom. The van der Waals surface area contributed by atoms with Gasteiger partial charge in [-0.1, -0.05) is 12.1 Å². The van der Waals surface area contributed by atoms with Crippen LogP contribution in [0.4, 0.5) is 25.1 Å². The second-order valence-electron chi connectivity index (χ2n) is 7.32. The number of nitrogens with one attached hydrogen (secondary N) is 1. The van der Waals surface area contributed by atoms with Crippen LogP contribution in [0.2, 0.25) is 0 Å². The quantitative estimate of drug-likeness (QED) is 0.650. The molecule has 8 nitrogen and oxygen atoms in total. The second kappa shape index (κ2) is 6.89. The highest BCUT2D eigenvalue weighted by Gasteiger charge is 2.40. The Bertz CT molecular complexity index is 1170. The van der Waals surface area contributed by atoms with Gasteiger partial charge in [0, 0.05) is 23.6 Å². The van der Waals surface area contributed by atoms with Gasteiger partial charge in [0.05, 0.1) is 6.26 Å². The first-order chi connectivity index (χ1) is 14.8. The third kappa shape index (κ3) is 3.51. The Balaban J connectivity index is 1.55. The second-order valence-corrected chi connectivity index (χ2v) is 7.32. The number of hydrogen-bond donors (Lipinski definition) is 2. The summed E-state index contributed by atoms with van der Waals surface area (Å²) >= 11 is 0. The summed E-state index contributed by atoms with van der Waals surface area (Å²) in [6.45, 7) is 0. The fourth-order valence-corrected chi connectivity index (χ4v) is 4.11. The molecule has 2 unspecified atom stereocenters. The van der Waals surface area contributed by atoms with E-state index in [1.54, 1.807) is 12.3 Å². The average molecular weight is 431 g/mol. The zero-order chi connectivity index (χ0) is 21.8. The first kappa shape index (κ1) is 19.2. The number of fused-ring (bicyclic) bond motifs is 1. The molecule has 5 rings (SSSR count). The first-order valence-corrected chi connectivity index (χ1v) is 9.43. The van der Waals surface area contributed by atoms with Crippen LogP contribution >= 0.6 is 0 Å². The molecule has 2 atom stereocenters. The largest absolute Gasteiger partial charge is 0.573 e. The lowest BCUT2D eigenvalue weighted by Crippen LogP contribution is -2.33. The van der Waals surface area contributed by atoms with Gasteiger partial charge in [0.1, 0.15) is 17.6 Å². The van der Waals surface area contributed by atoms with Crippen molar-refractivity contribution in [2.45, 2.75) is 31.2 Å². The summed E-state index contributed by atoms with van der Waals surface area (Å²) in [7, 11) is 0. The summed E-state index contributed by atoms with van der Waals surface area (Å²) < 4.78 is 48.4. The Hall–Kier alpha value is -3.76. The molecule has 3 heterocycles. The smallest absolute Gasteiger partial charge is 0.469 e. The number of ether oxygens (including phenoxy) is 1. The molecule has 0 fully saturated rings. The van der Waals surface area contributed by atoms with Gasteiger partial charge in [-0.3, -0.25) is 4.79 Å². The van der Waals surface area contributed by atoms with Gasteiger partial charge >= 0.3 is 6.36 Å². The Morgan fingerprint density at radius 2 is 1.97 bits per heavy atom. The number of Topliss-reactive ketones (excluding diaryl/α,β-unsaturated/α-hetero) is 1. The van der Waals surface area contributed by atoms with E-state index >= 15 is 0 Å². The van der Waals surface area contributed by atoms with Crippen LogP contribution in [0, 0.1) is 0 Å². The van der Waals surface area contributed by atoms with E-state index in [-0.39, 0.29) is 29.8 Å². The number of ketones is 1. The highest BCUT2D eigenvalue weighted by molar-refractivity contribution is 6.00. The molecule has 0 saturated heterocycles. The van der Waals surface area contributed by atoms with Crippen LogP contribution in [-0.2, 0) is 4.79 Å². The molecule has 2 aromatic heterocycles. The monoisotopic (exact) mass is 431 g/mol. The number of alkyl halides is 3. The van der Waals surface area contributed by atoms with Crippen molar-refractivity contribution in [2.24, 2.45) is 0 Å². The fourth-order valence-electron chi connectivity index (χ4n) is 4.11. The summed E-state index contributed by atoms with van der Waals surface area (Å²) in [6, 6.07) is 8.24. The van der Waals surface area contributed by atoms with E-state index < -0.39 is 12.4 Å². The van der Waals surface area contributed by atoms with Crippen molar-refractivity contribution < 1.29 is 27.1 Å². The molecular formula is C20H16F3N5O3. The van der Waals surface area contributed by atoms with Crippen LogP contribution in [-0.4, -0.2) is 26.9 Å². The maximum absolute atomic E-state index is 13.2. The van der Waals surface area contributed by atoms with Crippen molar-refractivity contribution in [3.63, 3.8) is 0 Å². The van der Waals surface area contributed by atoms with Gasteiger partial charge in [-0.25, -0.2) is 4.68 Å². The number of nitrogens with zero attached hydrogens (tertiary/aromatic N) is 3. The maximum Gasteiger partial charge on any atom is 0.573 e. The number of nitrogen functional groups attached to an aromatic ring is 1. The molecule has 2 aliphatic rings. The molecule has 0 radical (unpaired) electrons.